The highest BCUT2D eigenvalue weighted by Gasteiger charge is 2.26. The van der Waals surface area contributed by atoms with Gasteiger partial charge in [0.25, 0.3) is 5.91 Å². The number of ether oxygens (including phenoxy) is 2. The summed E-state index contributed by atoms with van der Waals surface area (Å²) >= 11 is 14.0. The predicted octanol–water partition coefficient (Wildman–Crippen LogP) is 5.40. The molecule has 0 saturated carbocycles. The largest absolute Gasteiger partial charge is 0.496 e. The number of carbonyl (C=O) groups excluding carboxylic acids is 3. The maximum atomic E-state index is 13.6. The lowest BCUT2D eigenvalue weighted by atomic mass is 10.0. The van der Waals surface area contributed by atoms with Crippen LogP contribution in [0, 0.1) is 0 Å². The lowest BCUT2D eigenvalue weighted by molar-refractivity contribution is -0.140. The van der Waals surface area contributed by atoms with Gasteiger partial charge in [-0.1, -0.05) is 47.5 Å². The van der Waals surface area contributed by atoms with Gasteiger partial charge in [-0.05, 0) is 37.6 Å². The second kappa shape index (κ2) is 16.2. The van der Waals surface area contributed by atoms with E-state index in [1.165, 1.54) is 7.11 Å². The minimum Gasteiger partial charge on any atom is -0.496 e. The summed E-state index contributed by atoms with van der Waals surface area (Å²) in [6, 6.07) is 13.1. The lowest BCUT2D eigenvalue weighted by Gasteiger charge is -2.26. The van der Waals surface area contributed by atoms with E-state index in [1.54, 1.807) is 25.4 Å². The van der Waals surface area contributed by atoms with Crippen molar-refractivity contribution in [3.63, 3.8) is 0 Å². The van der Waals surface area contributed by atoms with Crippen LogP contribution in [0.4, 0.5) is 5.69 Å². The molecule has 2 aliphatic rings. The first-order chi connectivity index (χ1) is 24.7. The first-order valence-electron chi connectivity index (χ1n) is 16.9. The van der Waals surface area contributed by atoms with E-state index in [2.05, 4.69) is 25.8 Å². The molecule has 6 rings (SSSR count). The van der Waals surface area contributed by atoms with Crippen molar-refractivity contribution >= 4 is 46.7 Å². The highest BCUT2D eigenvalue weighted by molar-refractivity contribution is 6.39. The first-order valence-corrected chi connectivity index (χ1v) is 17.7. The van der Waals surface area contributed by atoms with Gasteiger partial charge in [0, 0.05) is 92.7 Å². The fourth-order valence-electron chi connectivity index (χ4n) is 6.64. The third-order valence-corrected chi connectivity index (χ3v) is 10.2. The molecule has 0 aliphatic carbocycles. The molecule has 268 valence electrons. The van der Waals surface area contributed by atoms with Gasteiger partial charge in [0.15, 0.2) is 5.82 Å². The summed E-state index contributed by atoms with van der Waals surface area (Å²) in [7, 11) is 4.86. The standard InChI is InChI=1S/C37H41Cl2N7O5/c1-45-29-14-17-46(16-5-8-32(48)51-3)21-28(29)43-36(45)37(49)44-27-7-4-6-25(33(27)38)26-13-15-41-35(34(26)39)22-9-10-23(30(18-22)50-2)19-40-20-24-11-12-31(47)42-24/h4,6-7,9-10,13,15,18,24,40H,5,8,11-12,14,16-17,19-21H2,1-3H3,(H,42,47)(H,44,49)/t24-/m0/s1. The number of benzene rings is 2. The van der Waals surface area contributed by atoms with E-state index in [0.717, 1.165) is 48.4 Å². The maximum Gasteiger partial charge on any atom is 0.305 e. The van der Waals surface area contributed by atoms with Crippen molar-refractivity contribution in [3.05, 3.63) is 81.5 Å². The Hall–Kier alpha value is -4.49. The smallest absolute Gasteiger partial charge is 0.305 e. The van der Waals surface area contributed by atoms with E-state index in [-0.39, 0.29) is 23.8 Å². The van der Waals surface area contributed by atoms with E-state index in [1.807, 2.05) is 41.9 Å². The molecule has 3 N–H and O–H groups in total. The van der Waals surface area contributed by atoms with Gasteiger partial charge in [-0.2, -0.15) is 0 Å². The van der Waals surface area contributed by atoms with Crippen LogP contribution in [0.2, 0.25) is 10.0 Å². The van der Waals surface area contributed by atoms with Crippen LogP contribution < -0.4 is 20.7 Å². The van der Waals surface area contributed by atoms with Gasteiger partial charge in [0.2, 0.25) is 5.91 Å². The van der Waals surface area contributed by atoms with Crippen LogP contribution in [-0.4, -0.2) is 77.1 Å². The zero-order valence-corrected chi connectivity index (χ0v) is 30.4. The number of nitrogens with one attached hydrogen (secondary N) is 3. The average molecular weight is 735 g/mol. The number of hydrogen-bond acceptors (Lipinski definition) is 9. The minimum absolute atomic E-state index is 0.0927. The molecule has 1 saturated heterocycles. The number of rotatable bonds is 13. The number of esters is 1. The van der Waals surface area contributed by atoms with Gasteiger partial charge in [-0.15, -0.1) is 0 Å². The number of halogens is 2. The summed E-state index contributed by atoms with van der Waals surface area (Å²) in [5.41, 5.74) is 5.88. The molecule has 0 bridgehead atoms. The third kappa shape index (κ3) is 8.20. The summed E-state index contributed by atoms with van der Waals surface area (Å²) in [5, 5.41) is 10.1. The number of carbonyl (C=O) groups is 3. The Morgan fingerprint density at radius 2 is 1.90 bits per heavy atom. The summed E-state index contributed by atoms with van der Waals surface area (Å²) in [6.45, 7) is 3.41. The molecule has 2 aromatic carbocycles. The number of pyridine rings is 1. The topological polar surface area (TPSA) is 140 Å². The van der Waals surface area contributed by atoms with Gasteiger partial charge in [0.05, 0.1) is 41.3 Å². The molecule has 0 radical (unpaired) electrons. The Labute approximate surface area is 306 Å². The highest BCUT2D eigenvalue weighted by atomic mass is 35.5. The average Bonchev–Trinajstić information content (AvgIpc) is 3.70. The second-order valence-electron chi connectivity index (χ2n) is 12.7. The number of aromatic nitrogens is 3. The Morgan fingerprint density at radius 3 is 2.67 bits per heavy atom. The van der Waals surface area contributed by atoms with Gasteiger partial charge in [-0.3, -0.25) is 24.3 Å². The van der Waals surface area contributed by atoms with Crippen molar-refractivity contribution in [2.75, 3.05) is 39.2 Å². The quantitative estimate of drug-likeness (QED) is 0.154. The van der Waals surface area contributed by atoms with E-state index in [4.69, 9.17) is 37.7 Å². The summed E-state index contributed by atoms with van der Waals surface area (Å²) in [6.07, 6.45) is 4.88. The molecule has 12 nitrogen and oxygen atoms in total. The van der Waals surface area contributed by atoms with Crippen molar-refractivity contribution in [1.82, 2.24) is 30.1 Å². The second-order valence-corrected chi connectivity index (χ2v) is 13.5. The lowest BCUT2D eigenvalue weighted by Crippen LogP contribution is -2.35. The molecule has 4 aromatic rings. The first kappa shape index (κ1) is 36.3. The SMILES string of the molecule is COC(=O)CCCN1CCc2c(nc(C(=O)Nc3cccc(-c4ccnc(-c5ccc(CNC[C@@H]6CCC(=O)N6)c(OC)c5)c4Cl)c3Cl)n2C)C1. The number of methoxy groups -OCH3 is 2. The number of hydrogen-bond donors (Lipinski definition) is 3. The normalized spacial score (nSPS) is 15.7. The molecule has 4 heterocycles. The molecule has 51 heavy (non-hydrogen) atoms. The van der Waals surface area contributed by atoms with Crippen LogP contribution in [0.1, 0.15) is 53.3 Å². The number of imidazole rings is 1. The van der Waals surface area contributed by atoms with Crippen LogP contribution in [0.25, 0.3) is 22.4 Å². The van der Waals surface area contributed by atoms with Crippen LogP contribution >= 0.6 is 23.2 Å². The molecule has 0 unspecified atom stereocenters. The van der Waals surface area contributed by atoms with Gasteiger partial charge >= 0.3 is 5.97 Å². The van der Waals surface area contributed by atoms with E-state index in [9.17, 15) is 14.4 Å². The number of nitrogens with zero attached hydrogens (tertiary/aromatic N) is 4. The zero-order valence-electron chi connectivity index (χ0n) is 28.9. The van der Waals surface area contributed by atoms with Gasteiger partial charge in [-0.25, -0.2) is 4.98 Å². The number of amides is 2. The molecule has 1 fully saturated rings. The van der Waals surface area contributed by atoms with Crippen molar-refractivity contribution in [1.29, 1.82) is 0 Å². The summed E-state index contributed by atoms with van der Waals surface area (Å²) in [5.74, 6) is 0.473. The Bertz CT molecular complexity index is 1950. The molecule has 0 spiro atoms. The molecule has 2 aromatic heterocycles. The number of fused-ring (bicyclic) bond motifs is 1. The predicted molar refractivity (Wildman–Crippen MR) is 196 cm³/mol. The molecule has 1 atom stereocenters. The number of anilines is 1. The molecular formula is C37H41Cl2N7O5. The van der Waals surface area contributed by atoms with Crippen LogP contribution in [0.5, 0.6) is 5.75 Å². The third-order valence-electron chi connectivity index (χ3n) is 9.40. The molecule has 14 heteroatoms. The van der Waals surface area contributed by atoms with E-state index >= 15 is 0 Å². The fourth-order valence-corrected chi connectivity index (χ4v) is 7.24. The van der Waals surface area contributed by atoms with Crippen LogP contribution in [0.3, 0.4) is 0 Å². The Morgan fingerprint density at radius 1 is 1.08 bits per heavy atom. The van der Waals surface area contributed by atoms with Gasteiger partial charge < -0.3 is 30.0 Å². The van der Waals surface area contributed by atoms with Crippen molar-refractivity contribution < 1.29 is 23.9 Å². The van der Waals surface area contributed by atoms with Crippen LogP contribution in [0.15, 0.2) is 48.7 Å². The molecule has 2 amide bonds. The fraction of sp³-hybridized carbons (Fsp3) is 0.378. The summed E-state index contributed by atoms with van der Waals surface area (Å²) < 4.78 is 12.3. The zero-order chi connectivity index (χ0) is 36.1. The van der Waals surface area contributed by atoms with E-state index in [0.29, 0.717) is 83.0 Å². The molecular weight excluding hydrogens is 693 g/mol. The van der Waals surface area contributed by atoms with Gasteiger partial charge in [0.1, 0.15) is 5.75 Å². The van der Waals surface area contributed by atoms with Crippen molar-refractivity contribution in [2.24, 2.45) is 7.05 Å². The van der Waals surface area contributed by atoms with Crippen LogP contribution in [-0.2, 0) is 40.9 Å². The minimum atomic E-state index is -0.376. The molecule has 2 aliphatic heterocycles. The van der Waals surface area contributed by atoms with E-state index < -0.39 is 0 Å². The van der Waals surface area contributed by atoms with Crippen molar-refractivity contribution in [3.8, 4) is 28.1 Å². The van der Waals surface area contributed by atoms with Crippen molar-refractivity contribution in [2.45, 2.75) is 51.2 Å². The maximum absolute atomic E-state index is 13.6. The summed E-state index contributed by atoms with van der Waals surface area (Å²) in [4.78, 5) is 48.1. The highest BCUT2D eigenvalue weighted by Crippen LogP contribution is 2.41. The Kier molecular flexibility index (Phi) is 11.6. The monoisotopic (exact) mass is 733 g/mol. The Balaban J connectivity index is 1.16.